The summed E-state index contributed by atoms with van der Waals surface area (Å²) in [4.78, 5) is 144. The summed E-state index contributed by atoms with van der Waals surface area (Å²) in [5.74, 6) is -8.50. The minimum absolute atomic E-state index is 0.0383. The van der Waals surface area contributed by atoms with Gasteiger partial charge < -0.3 is 98.8 Å². The molecule has 3 rings (SSSR count). The summed E-state index contributed by atoms with van der Waals surface area (Å²) in [5.41, 5.74) is 46.7. The second kappa shape index (κ2) is 40.9. The Morgan fingerprint density at radius 1 is 0.386 bits per heavy atom. The highest BCUT2D eigenvalue weighted by molar-refractivity contribution is 5.98. The molecule has 0 heterocycles. The van der Waals surface area contributed by atoms with Crippen molar-refractivity contribution in [2.75, 3.05) is 45.9 Å². The Morgan fingerprint density at radius 3 is 1.18 bits per heavy atom. The molecule has 0 aliphatic rings. The van der Waals surface area contributed by atoms with Crippen molar-refractivity contribution in [1.29, 1.82) is 0 Å². The molecule has 10 amide bonds. The van der Waals surface area contributed by atoms with E-state index in [-0.39, 0.29) is 76.4 Å². The van der Waals surface area contributed by atoms with E-state index >= 15 is 0 Å². The molecule has 88 heavy (non-hydrogen) atoms. The number of hydrogen-bond acceptors (Lipinski definition) is 16. The average molecular weight is 1230 g/mol. The first-order chi connectivity index (χ1) is 42.1. The van der Waals surface area contributed by atoms with E-state index in [2.05, 4.69) is 57.8 Å². The smallest absolute Gasteiger partial charge is 0.245 e. The maximum absolute atomic E-state index is 14.3. The molecule has 30 heteroatoms. The number of hydrogen-bond donors (Lipinski definition) is 18. The molecule has 0 bridgehead atoms. The van der Waals surface area contributed by atoms with Gasteiger partial charge in [0.1, 0.15) is 42.3 Å². The third-order valence-corrected chi connectivity index (χ3v) is 13.5. The third-order valence-electron chi connectivity index (χ3n) is 13.5. The zero-order chi connectivity index (χ0) is 64.8. The summed E-state index contributed by atoms with van der Waals surface area (Å²) in [7, 11) is 0. The first-order valence-corrected chi connectivity index (χ1v) is 29.1. The predicted octanol–water partition coefficient (Wildman–Crippen LogP) is -5.49. The zero-order valence-electron chi connectivity index (χ0n) is 49.5. The Bertz CT molecular complexity index is 2760. The third kappa shape index (κ3) is 29.2. The summed E-state index contributed by atoms with van der Waals surface area (Å²) in [5, 5.41) is 33.5. The normalized spacial score (nSPS) is 13.5. The number of carbonyl (C=O) groups is 10. The number of nitrogens with one attached hydrogen (secondary N) is 9. The number of aliphatic hydroxyl groups excluding tert-OH is 1. The average Bonchev–Trinajstić information content (AvgIpc) is 3.63. The van der Waals surface area contributed by atoms with E-state index < -0.39 is 127 Å². The number of carbonyl (C=O) groups excluding carboxylic acids is 10. The van der Waals surface area contributed by atoms with Crippen LogP contribution in [0.3, 0.4) is 0 Å². The molecule has 0 aliphatic heterocycles. The molecular weight excluding hydrogens is 1140 g/mol. The molecule has 3 aromatic carbocycles. The van der Waals surface area contributed by atoms with Crippen LogP contribution in [0.2, 0.25) is 0 Å². The Labute approximate surface area is 511 Å². The van der Waals surface area contributed by atoms with Crippen LogP contribution in [-0.2, 0) is 67.2 Å². The first kappa shape index (κ1) is 73.0. The Hall–Kier alpha value is -9.26. The summed E-state index contributed by atoms with van der Waals surface area (Å²) in [6.07, 6.45) is 2.70. The van der Waals surface area contributed by atoms with Gasteiger partial charge >= 0.3 is 0 Å². The number of primary amides is 1. The monoisotopic (exact) mass is 1230 g/mol. The lowest BCUT2D eigenvalue weighted by molar-refractivity contribution is -0.135. The molecule has 0 fully saturated rings. The standard InChI is InChI=1S/C58H89N19O11/c59-26-12-10-23-40(73-52(84)41(24-11-13-27-60)72-50(82)39(61)22-14-28-67-57(63)64)51(83)70-33-47(79)69-34-48(80)71-44(31-37-18-6-2-7-19-37)54(86)77-46(35-78)56(88)76-45(32-38-20-8-3-9-21-38)55(87)74-42(25-15-29-68-58(65)66)53(85)75-43(49(62)81)30-36-16-4-1-5-17-36/h1-9,16-21,39-46,78H,10-15,22-35,59-61H2,(H2,62,81)(H,69,79)(H,70,83)(H,71,80)(H,72,82)(H,73,84)(H,74,87)(H,75,85)(H,76,88)(H,77,86)(H4,63,64,67)(H4,65,66,68)/t39-,40-,41-,42-,43-,44-,45-,46-/m0/s1. The van der Waals surface area contributed by atoms with Crippen molar-refractivity contribution in [2.24, 2.45) is 55.9 Å². The largest absolute Gasteiger partial charge is 0.394 e. The van der Waals surface area contributed by atoms with Crippen LogP contribution >= 0.6 is 0 Å². The van der Waals surface area contributed by atoms with E-state index in [0.29, 0.717) is 61.9 Å². The fraction of sp³-hybridized carbons (Fsp3) is 0.483. The molecular formula is C58H89N19O11. The van der Waals surface area contributed by atoms with Crippen LogP contribution in [0, 0.1) is 0 Å². The van der Waals surface area contributed by atoms with Gasteiger partial charge in [-0.2, -0.15) is 0 Å². The van der Waals surface area contributed by atoms with E-state index in [1.807, 2.05) is 0 Å². The van der Waals surface area contributed by atoms with Crippen LogP contribution in [0.5, 0.6) is 0 Å². The fourth-order valence-electron chi connectivity index (χ4n) is 8.75. The first-order valence-electron chi connectivity index (χ1n) is 29.1. The topological polar surface area (TPSA) is 532 Å². The van der Waals surface area contributed by atoms with Crippen molar-refractivity contribution >= 4 is 71.0 Å². The number of guanidine groups is 2. The number of aliphatic imine (C=N–C) groups is 2. The summed E-state index contributed by atoms with van der Waals surface area (Å²) < 4.78 is 0. The minimum Gasteiger partial charge on any atom is -0.394 e. The molecule has 0 aromatic heterocycles. The Balaban J connectivity index is 1.75. The van der Waals surface area contributed by atoms with Gasteiger partial charge in [-0.05, 0) is 94.0 Å². The number of rotatable bonds is 42. The van der Waals surface area contributed by atoms with Crippen molar-refractivity contribution in [3.05, 3.63) is 108 Å². The van der Waals surface area contributed by atoms with E-state index in [1.165, 1.54) is 0 Å². The second-order valence-corrected chi connectivity index (χ2v) is 20.7. The molecule has 3 aromatic rings. The molecule has 0 radical (unpaired) electrons. The highest BCUT2D eigenvalue weighted by atomic mass is 16.3. The number of nitrogens with two attached hydrogens (primary N) is 8. The van der Waals surface area contributed by atoms with Crippen LogP contribution in [0.4, 0.5) is 0 Å². The number of nitrogens with zero attached hydrogens (tertiary/aromatic N) is 2. The van der Waals surface area contributed by atoms with Gasteiger partial charge in [-0.1, -0.05) is 91.0 Å². The van der Waals surface area contributed by atoms with Gasteiger partial charge in [0.2, 0.25) is 59.1 Å². The number of amides is 10. The Morgan fingerprint density at radius 2 is 0.739 bits per heavy atom. The maximum atomic E-state index is 14.3. The molecule has 0 unspecified atom stereocenters. The zero-order valence-corrected chi connectivity index (χ0v) is 49.5. The lowest BCUT2D eigenvalue weighted by Crippen LogP contribution is -2.60. The van der Waals surface area contributed by atoms with E-state index in [0.717, 1.165) is 0 Å². The summed E-state index contributed by atoms with van der Waals surface area (Å²) >= 11 is 0. The number of aliphatic hydroxyl groups is 1. The van der Waals surface area contributed by atoms with Crippen LogP contribution in [-0.4, -0.2) is 170 Å². The summed E-state index contributed by atoms with van der Waals surface area (Å²) in [6, 6.07) is 15.4. The van der Waals surface area contributed by atoms with Gasteiger partial charge in [0, 0.05) is 32.4 Å². The summed E-state index contributed by atoms with van der Waals surface area (Å²) in [6.45, 7) is -1.40. The number of unbranched alkanes of at least 4 members (excludes halogenated alkanes) is 2. The lowest BCUT2D eigenvalue weighted by atomic mass is 10.0. The number of benzene rings is 3. The molecule has 0 saturated heterocycles. The molecule has 8 atom stereocenters. The van der Waals surface area contributed by atoms with Gasteiger partial charge in [-0.15, -0.1) is 0 Å². The van der Waals surface area contributed by atoms with E-state index in [9.17, 15) is 53.1 Å². The molecule has 0 saturated carbocycles. The van der Waals surface area contributed by atoms with Crippen molar-refractivity contribution in [1.82, 2.24) is 47.9 Å². The fourth-order valence-corrected chi connectivity index (χ4v) is 8.75. The predicted molar refractivity (Wildman–Crippen MR) is 330 cm³/mol. The molecule has 30 nitrogen and oxygen atoms in total. The highest BCUT2D eigenvalue weighted by Crippen LogP contribution is 2.11. The van der Waals surface area contributed by atoms with Crippen LogP contribution in [0.15, 0.2) is 101 Å². The van der Waals surface area contributed by atoms with Crippen LogP contribution in [0.1, 0.15) is 80.9 Å². The minimum atomic E-state index is -1.72. The quantitative estimate of drug-likeness (QED) is 0.0143. The van der Waals surface area contributed by atoms with E-state index in [4.69, 9.17) is 45.9 Å². The maximum Gasteiger partial charge on any atom is 0.245 e. The molecule has 0 aliphatic carbocycles. The Kier molecular flexibility index (Phi) is 34.0. The van der Waals surface area contributed by atoms with Gasteiger partial charge in [0.15, 0.2) is 11.9 Å². The lowest BCUT2D eigenvalue weighted by Gasteiger charge is -2.27. The van der Waals surface area contributed by atoms with Crippen molar-refractivity contribution < 1.29 is 53.1 Å². The van der Waals surface area contributed by atoms with Crippen molar-refractivity contribution in [3.63, 3.8) is 0 Å². The van der Waals surface area contributed by atoms with E-state index in [1.54, 1.807) is 91.0 Å². The molecule has 0 spiro atoms. The second-order valence-electron chi connectivity index (χ2n) is 20.7. The van der Waals surface area contributed by atoms with Gasteiger partial charge in [0.05, 0.1) is 25.7 Å². The van der Waals surface area contributed by atoms with Crippen LogP contribution in [0.25, 0.3) is 0 Å². The van der Waals surface area contributed by atoms with Crippen LogP contribution < -0.4 is 93.7 Å². The van der Waals surface area contributed by atoms with Gasteiger partial charge in [-0.25, -0.2) is 0 Å². The SMILES string of the molecule is NCCCC[C@H](NC(=O)[C@H](CCCCN)NC(=O)[C@@H](N)CCCN=C(N)N)C(=O)NCC(=O)NCC(=O)N[C@@H](Cc1ccccc1)C(=O)N[C@@H](CO)C(=O)N[C@@H](Cc1ccccc1)C(=O)N[C@@H](CCCN=C(N)N)C(=O)N[C@@H](Cc1ccccc1)C(N)=O. The van der Waals surface area contributed by atoms with Crippen molar-refractivity contribution in [3.8, 4) is 0 Å². The molecule has 26 N–H and O–H groups in total. The van der Waals surface area contributed by atoms with Crippen molar-refractivity contribution in [2.45, 2.75) is 132 Å². The van der Waals surface area contributed by atoms with Gasteiger partial charge in [0.25, 0.3) is 0 Å². The van der Waals surface area contributed by atoms with Gasteiger partial charge in [-0.3, -0.25) is 57.9 Å². The highest BCUT2D eigenvalue weighted by Gasteiger charge is 2.34. The molecule has 482 valence electrons.